The molecule has 0 aromatic heterocycles. The minimum Gasteiger partial charge on any atom is -0.389 e. The molecule has 3 nitrogen and oxygen atoms in total. The van der Waals surface area contributed by atoms with Gasteiger partial charge < -0.3 is 15.3 Å². The highest BCUT2D eigenvalue weighted by atomic mass is 16.3. The van der Waals surface area contributed by atoms with E-state index < -0.39 is 5.60 Å². The zero-order valence-electron chi connectivity index (χ0n) is 9.84. The molecule has 0 radical (unpaired) electrons. The molecule has 2 aliphatic rings. The van der Waals surface area contributed by atoms with E-state index in [4.69, 9.17) is 0 Å². The molecule has 1 unspecified atom stereocenters. The Kier molecular flexibility index (Phi) is 3.65. The molecule has 0 amide bonds. The number of aliphatic hydroxyl groups is 1. The van der Waals surface area contributed by atoms with E-state index in [2.05, 4.69) is 17.3 Å². The predicted octanol–water partition coefficient (Wildman–Crippen LogP) is 0.975. The van der Waals surface area contributed by atoms with E-state index in [0.29, 0.717) is 6.04 Å². The van der Waals surface area contributed by atoms with E-state index in [1.807, 2.05) is 0 Å². The molecule has 2 N–H and O–H groups in total. The summed E-state index contributed by atoms with van der Waals surface area (Å²) in [5, 5.41) is 13.9. The van der Waals surface area contributed by atoms with Gasteiger partial charge in [-0.2, -0.15) is 0 Å². The third-order valence-electron chi connectivity index (χ3n) is 3.90. The molecule has 88 valence electrons. The molecule has 1 heterocycles. The molecule has 1 saturated carbocycles. The Morgan fingerprint density at radius 2 is 2.07 bits per heavy atom. The first kappa shape index (κ1) is 11.4. The molecule has 1 saturated heterocycles. The van der Waals surface area contributed by atoms with Crippen LogP contribution in [0.4, 0.5) is 0 Å². The summed E-state index contributed by atoms with van der Waals surface area (Å²) in [5.74, 6) is 0. The first-order chi connectivity index (χ1) is 7.18. The Morgan fingerprint density at radius 3 is 2.67 bits per heavy atom. The second-order valence-corrected chi connectivity index (χ2v) is 5.41. The van der Waals surface area contributed by atoms with Gasteiger partial charge in [-0.15, -0.1) is 0 Å². The largest absolute Gasteiger partial charge is 0.389 e. The van der Waals surface area contributed by atoms with Gasteiger partial charge in [-0.25, -0.2) is 0 Å². The summed E-state index contributed by atoms with van der Waals surface area (Å²) in [6, 6.07) is 0.598. The van der Waals surface area contributed by atoms with Crippen LogP contribution < -0.4 is 5.32 Å². The lowest BCUT2D eigenvalue weighted by Gasteiger charge is -2.33. The fourth-order valence-corrected chi connectivity index (χ4v) is 2.82. The SMILES string of the molecule is CN1CCC(NCC2(O)CCCCC2)C1. The number of rotatable bonds is 3. The Hall–Kier alpha value is -0.120. The van der Waals surface area contributed by atoms with Gasteiger partial charge in [0.2, 0.25) is 0 Å². The van der Waals surface area contributed by atoms with E-state index in [9.17, 15) is 5.11 Å². The summed E-state index contributed by atoms with van der Waals surface area (Å²) in [7, 11) is 2.16. The van der Waals surface area contributed by atoms with Gasteiger partial charge in [0, 0.05) is 19.1 Å². The number of hydrogen-bond donors (Lipinski definition) is 2. The Bertz CT molecular complexity index is 202. The maximum atomic E-state index is 10.3. The minimum absolute atomic E-state index is 0.403. The first-order valence-electron chi connectivity index (χ1n) is 6.32. The van der Waals surface area contributed by atoms with Crippen molar-refractivity contribution >= 4 is 0 Å². The van der Waals surface area contributed by atoms with Crippen molar-refractivity contribution in [2.75, 3.05) is 26.7 Å². The molecule has 3 heteroatoms. The fraction of sp³-hybridized carbons (Fsp3) is 1.00. The Labute approximate surface area is 92.8 Å². The van der Waals surface area contributed by atoms with Crippen LogP contribution in [0.15, 0.2) is 0 Å². The summed E-state index contributed by atoms with van der Waals surface area (Å²) >= 11 is 0. The number of hydrogen-bond acceptors (Lipinski definition) is 3. The fourth-order valence-electron chi connectivity index (χ4n) is 2.82. The van der Waals surface area contributed by atoms with Gasteiger partial charge in [0.15, 0.2) is 0 Å². The van der Waals surface area contributed by atoms with Crippen LogP contribution in [0, 0.1) is 0 Å². The van der Waals surface area contributed by atoms with E-state index in [-0.39, 0.29) is 0 Å². The van der Waals surface area contributed by atoms with Crippen molar-refractivity contribution in [3.8, 4) is 0 Å². The maximum absolute atomic E-state index is 10.3. The van der Waals surface area contributed by atoms with Crippen LogP contribution in [0.2, 0.25) is 0 Å². The van der Waals surface area contributed by atoms with Crippen molar-refractivity contribution in [2.45, 2.75) is 50.2 Å². The van der Waals surface area contributed by atoms with Crippen LogP contribution in [-0.2, 0) is 0 Å². The summed E-state index contributed by atoms with van der Waals surface area (Å²) in [6.45, 7) is 3.12. The van der Waals surface area contributed by atoms with E-state index in [1.165, 1.54) is 32.2 Å². The second-order valence-electron chi connectivity index (χ2n) is 5.41. The molecule has 15 heavy (non-hydrogen) atoms. The highest BCUT2D eigenvalue weighted by Crippen LogP contribution is 2.27. The molecule has 0 bridgehead atoms. The van der Waals surface area contributed by atoms with Crippen molar-refractivity contribution in [3.05, 3.63) is 0 Å². The average Bonchev–Trinajstić information content (AvgIpc) is 2.63. The summed E-state index contributed by atoms with van der Waals surface area (Å²) in [4.78, 5) is 2.35. The van der Waals surface area contributed by atoms with E-state index in [1.54, 1.807) is 0 Å². The lowest BCUT2D eigenvalue weighted by atomic mass is 9.85. The van der Waals surface area contributed by atoms with Gasteiger partial charge in [0.25, 0.3) is 0 Å². The third kappa shape index (κ3) is 3.16. The topological polar surface area (TPSA) is 35.5 Å². The summed E-state index contributed by atoms with van der Waals surface area (Å²) < 4.78 is 0. The summed E-state index contributed by atoms with van der Waals surface area (Å²) in [6.07, 6.45) is 6.90. The van der Waals surface area contributed by atoms with Crippen molar-refractivity contribution < 1.29 is 5.11 Å². The van der Waals surface area contributed by atoms with Crippen LogP contribution in [-0.4, -0.2) is 48.3 Å². The lowest BCUT2D eigenvalue weighted by Crippen LogP contribution is -2.46. The quantitative estimate of drug-likeness (QED) is 0.732. The third-order valence-corrected chi connectivity index (χ3v) is 3.90. The normalized spacial score (nSPS) is 32.0. The molecule has 2 rings (SSSR count). The monoisotopic (exact) mass is 212 g/mol. The van der Waals surface area contributed by atoms with Gasteiger partial charge in [0.05, 0.1) is 5.60 Å². The minimum atomic E-state index is -0.403. The number of nitrogens with one attached hydrogen (secondary N) is 1. The van der Waals surface area contributed by atoms with Crippen molar-refractivity contribution in [2.24, 2.45) is 0 Å². The summed E-state index contributed by atoms with van der Waals surface area (Å²) in [5.41, 5.74) is -0.403. The number of likely N-dealkylation sites (N-methyl/N-ethyl adjacent to an activating group) is 1. The average molecular weight is 212 g/mol. The van der Waals surface area contributed by atoms with Crippen LogP contribution in [0.3, 0.4) is 0 Å². The van der Waals surface area contributed by atoms with Crippen molar-refractivity contribution in [1.82, 2.24) is 10.2 Å². The van der Waals surface area contributed by atoms with Crippen molar-refractivity contribution in [3.63, 3.8) is 0 Å². The van der Waals surface area contributed by atoms with Gasteiger partial charge >= 0.3 is 0 Å². The van der Waals surface area contributed by atoms with Crippen LogP contribution in [0.25, 0.3) is 0 Å². The maximum Gasteiger partial charge on any atom is 0.0771 e. The number of nitrogens with zero attached hydrogens (tertiary/aromatic N) is 1. The molecular formula is C12H24N2O. The van der Waals surface area contributed by atoms with Gasteiger partial charge in [0.1, 0.15) is 0 Å². The molecule has 0 aromatic carbocycles. The Morgan fingerprint density at radius 1 is 1.33 bits per heavy atom. The molecule has 0 spiro atoms. The Balaban J connectivity index is 1.72. The molecule has 2 fully saturated rings. The predicted molar refractivity (Wildman–Crippen MR) is 61.9 cm³/mol. The van der Waals surface area contributed by atoms with Crippen LogP contribution in [0.5, 0.6) is 0 Å². The second kappa shape index (κ2) is 4.81. The zero-order chi connectivity index (χ0) is 10.7. The highest BCUT2D eigenvalue weighted by Gasteiger charge is 2.30. The number of likely N-dealkylation sites (tertiary alicyclic amines) is 1. The molecule has 1 aliphatic heterocycles. The molecule has 1 aliphatic carbocycles. The highest BCUT2D eigenvalue weighted by molar-refractivity contribution is 4.87. The standard InChI is InChI=1S/C12H24N2O/c1-14-8-5-11(9-14)13-10-12(15)6-3-2-4-7-12/h11,13,15H,2-10H2,1H3. The molecule has 1 atom stereocenters. The molecule has 0 aromatic rings. The van der Waals surface area contributed by atoms with Crippen LogP contribution in [0.1, 0.15) is 38.5 Å². The van der Waals surface area contributed by atoms with E-state index >= 15 is 0 Å². The first-order valence-corrected chi connectivity index (χ1v) is 6.32. The van der Waals surface area contributed by atoms with Crippen LogP contribution >= 0.6 is 0 Å². The molecular weight excluding hydrogens is 188 g/mol. The van der Waals surface area contributed by atoms with Gasteiger partial charge in [-0.1, -0.05) is 19.3 Å². The van der Waals surface area contributed by atoms with Gasteiger partial charge in [-0.3, -0.25) is 0 Å². The smallest absolute Gasteiger partial charge is 0.0771 e. The van der Waals surface area contributed by atoms with Gasteiger partial charge in [-0.05, 0) is 32.9 Å². The lowest BCUT2D eigenvalue weighted by molar-refractivity contribution is 0.00291. The van der Waals surface area contributed by atoms with E-state index in [0.717, 1.165) is 25.9 Å². The van der Waals surface area contributed by atoms with Crippen molar-refractivity contribution in [1.29, 1.82) is 0 Å². The zero-order valence-corrected chi connectivity index (χ0v) is 9.84.